The van der Waals surface area contributed by atoms with Crippen LogP contribution in [0.15, 0.2) is 9.98 Å². The van der Waals surface area contributed by atoms with E-state index in [0.717, 1.165) is 9.61 Å². The summed E-state index contributed by atoms with van der Waals surface area (Å²) in [6.07, 6.45) is 0. The molecule has 0 spiro atoms. The highest BCUT2D eigenvalue weighted by molar-refractivity contribution is 9.10. The fourth-order valence-corrected chi connectivity index (χ4v) is 2.15. The molecule has 0 unspecified atom stereocenters. The van der Waals surface area contributed by atoms with Crippen LogP contribution in [-0.4, -0.2) is 4.98 Å². The minimum absolute atomic E-state index is 0.0753. The highest BCUT2D eigenvalue weighted by Crippen LogP contribution is 2.24. The summed E-state index contributed by atoms with van der Waals surface area (Å²) in [5.41, 5.74) is 5.88. The van der Waals surface area contributed by atoms with E-state index in [9.17, 15) is 0 Å². The van der Waals surface area contributed by atoms with E-state index in [-0.39, 0.29) is 6.04 Å². The maximum absolute atomic E-state index is 5.88. The van der Waals surface area contributed by atoms with E-state index in [0.29, 0.717) is 5.92 Å². The Labute approximate surface area is 79.0 Å². The second-order valence-electron chi connectivity index (χ2n) is 2.78. The number of thiazole rings is 1. The predicted octanol–water partition coefficient (Wildman–Crippen LogP) is 2.56. The zero-order valence-corrected chi connectivity index (χ0v) is 8.95. The lowest BCUT2D eigenvalue weighted by molar-refractivity contribution is 0.511. The van der Waals surface area contributed by atoms with Crippen molar-refractivity contribution in [2.75, 3.05) is 0 Å². The Kier molecular flexibility index (Phi) is 3.04. The van der Waals surface area contributed by atoms with Crippen molar-refractivity contribution in [2.45, 2.75) is 19.9 Å². The molecule has 0 aromatic carbocycles. The van der Waals surface area contributed by atoms with Gasteiger partial charge in [-0.15, -0.1) is 11.3 Å². The van der Waals surface area contributed by atoms with Crippen LogP contribution in [0.25, 0.3) is 0 Å². The van der Waals surface area contributed by atoms with Crippen molar-refractivity contribution in [3.63, 3.8) is 0 Å². The van der Waals surface area contributed by atoms with Gasteiger partial charge in [0.25, 0.3) is 0 Å². The number of hydrogen-bond acceptors (Lipinski definition) is 3. The van der Waals surface area contributed by atoms with Gasteiger partial charge < -0.3 is 5.73 Å². The van der Waals surface area contributed by atoms with Crippen molar-refractivity contribution in [2.24, 2.45) is 11.7 Å². The SMILES string of the molecule is CC(C)[C@H](N)c1nc(Br)cs1. The van der Waals surface area contributed by atoms with E-state index >= 15 is 0 Å². The predicted molar refractivity (Wildman–Crippen MR) is 51.6 cm³/mol. The summed E-state index contributed by atoms with van der Waals surface area (Å²) < 4.78 is 0.883. The first-order chi connectivity index (χ1) is 5.11. The molecule has 0 radical (unpaired) electrons. The lowest BCUT2D eigenvalue weighted by atomic mass is 10.1. The Morgan fingerprint density at radius 1 is 1.64 bits per heavy atom. The lowest BCUT2D eigenvalue weighted by Crippen LogP contribution is -2.16. The van der Waals surface area contributed by atoms with Crippen molar-refractivity contribution in [1.29, 1.82) is 0 Å². The molecule has 11 heavy (non-hydrogen) atoms. The molecular formula is C7H11BrN2S. The van der Waals surface area contributed by atoms with Gasteiger partial charge in [0.2, 0.25) is 0 Å². The molecule has 0 aliphatic heterocycles. The molecule has 0 aliphatic rings. The van der Waals surface area contributed by atoms with Crippen LogP contribution >= 0.6 is 27.3 Å². The fourth-order valence-electron chi connectivity index (χ4n) is 0.705. The van der Waals surface area contributed by atoms with E-state index in [2.05, 4.69) is 34.8 Å². The Morgan fingerprint density at radius 2 is 2.27 bits per heavy atom. The molecule has 2 nitrogen and oxygen atoms in total. The molecule has 0 fully saturated rings. The summed E-state index contributed by atoms with van der Waals surface area (Å²) in [4.78, 5) is 4.24. The van der Waals surface area contributed by atoms with Crippen LogP contribution < -0.4 is 5.73 Å². The van der Waals surface area contributed by atoms with Crippen LogP contribution in [0.2, 0.25) is 0 Å². The highest BCUT2D eigenvalue weighted by Gasteiger charge is 2.13. The van der Waals surface area contributed by atoms with Gasteiger partial charge in [-0.1, -0.05) is 13.8 Å². The van der Waals surface area contributed by atoms with Gasteiger partial charge in [0.05, 0.1) is 6.04 Å². The second kappa shape index (κ2) is 3.65. The summed E-state index contributed by atoms with van der Waals surface area (Å²) in [5, 5.41) is 2.96. The lowest BCUT2D eigenvalue weighted by Gasteiger charge is -2.11. The number of nitrogens with zero attached hydrogens (tertiary/aromatic N) is 1. The first-order valence-electron chi connectivity index (χ1n) is 3.47. The molecule has 1 heterocycles. The van der Waals surface area contributed by atoms with Gasteiger partial charge in [0, 0.05) is 5.38 Å². The van der Waals surface area contributed by atoms with Gasteiger partial charge in [-0.3, -0.25) is 0 Å². The molecule has 1 aromatic heterocycles. The summed E-state index contributed by atoms with van der Waals surface area (Å²) in [6.45, 7) is 4.19. The monoisotopic (exact) mass is 234 g/mol. The fraction of sp³-hybridized carbons (Fsp3) is 0.571. The quantitative estimate of drug-likeness (QED) is 0.855. The Bertz CT molecular complexity index is 234. The summed E-state index contributed by atoms with van der Waals surface area (Å²) in [6, 6.07) is 0.0753. The smallest absolute Gasteiger partial charge is 0.117 e. The minimum atomic E-state index is 0.0753. The van der Waals surface area contributed by atoms with Gasteiger partial charge in [-0.25, -0.2) is 4.98 Å². The molecule has 0 saturated carbocycles. The molecular weight excluding hydrogens is 224 g/mol. The summed E-state index contributed by atoms with van der Waals surface area (Å²) >= 11 is 4.90. The maximum atomic E-state index is 5.88. The topological polar surface area (TPSA) is 38.9 Å². The highest BCUT2D eigenvalue weighted by atomic mass is 79.9. The minimum Gasteiger partial charge on any atom is -0.322 e. The van der Waals surface area contributed by atoms with Crippen molar-refractivity contribution in [3.05, 3.63) is 15.0 Å². The average Bonchev–Trinajstić information content (AvgIpc) is 2.34. The molecule has 4 heteroatoms. The van der Waals surface area contributed by atoms with Crippen LogP contribution in [0.5, 0.6) is 0 Å². The third-order valence-corrected chi connectivity index (χ3v) is 3.15. The normalized spacial score (nSPS) is 13.9. The van der Waals surface area contributed by atoms with E-state index in [1.165, 1.54) is 0 Å². The maximum Gasteiger partial charge on any atom is 0.117 e. The standard InChI is InChI=1S/C7H11BrN2S/c1-4(2)6(9)7-10-5(8)3-11-7/h3-4,6H,9H2,1-2H3/t6-/m0/s1. The summed E-state index contributed by atoms with van der Waals surface area (Å²) in [7, 11) is 0. The van der Waals surface area contributed by atoms with Crippen molar-refractivity contribution < 1.29 is 0 Å². The number of nitrogens with two attached hydrogens (primary N) is 1. The van der Waals surface area contributed by atoms with Crippen LogP contribution in [0.4, 0.5) is 0 Å². The van der Waals surface area contributed by atoms with E-state index in [1.807, 2.05) is 5.38 Å². The van der Waals surface area contributed by atoms with Crippen molar-refractivity contribution in [1.82, 2.24) is 4.98 Å². The number of hydrogen-bond donors (Lipinski definition) is 1. The third-order valence-electron chi connectivity index (χ3n) is 1.50. The van der Waals surface area contributed by atoms with Crippen LogP contribution in [-0.2, 0) is 0 Å². The third kappa shape index (κ3) is 2.25. The Morgan fingerprint density at radius 3 is 2.64 bits per heavy atom. The van der Waals surface area contributed by atoms with Crippen molar-refractivity contribution in [3.8, 4) is 0 Å². The van der Waals surface area contributed by atoms with Crippen molar-refractivity contribution >= 4 is 27.3 Å². The summed E-state index contributed by atoms with van der Waals surface area (Å²) in [5.74, 6) is 0.452. The Hall–Kier alpha value is 0.0700. The van der Waals surface area contributed by atoms with Gasteiger partial charge in [-0.2, -0.15) is 0 Å². The molecule has 1 aromatic rings. The van der Waals surface area contributed by atoms with Crippen LogP contribution in [0, 0.1) is 5.92 Å². The van der Waals surface area contributed by atoms with Gasteiger partial charge in [0.1, 0.15) is 9.61 Å². The largest absolute Gasteiger partial charge is 0.322 e. The molecule has 0 saturated heterocycles. The molecule has 62 valence electrons. The Balaban J connectivity index is 2.76. The average molecular weight is 235 g/mol. The van der Waals surface area contributed by atoms with E-state index in [1.54, 1.807) is 11.3 Å². The van der Waals surface area contributed by atoms with Gasteiger partial charge in [-0.05, 0) is 21.8 Å². The molecule has 0 bridgehead atoms. The first kappa shape index (κ1) is 9.16. The first-order valence-corrected chi connectivity index (χ1v) is 5.15. The molecule has 1 atom stereocenters. The van der Waals surface area contributed by atoms with E-state index < -0.39 is 0 Å². The zero-order chi connectivity index (χ0) is 8.43. The van der Waals surface area contributed by atoms with Gasteiger partial charge in [0.15, 0.2) is 0 Å². The van der Waals surface area contributed by atoms with Gasteiger partial charge >= 0.3 is 0 Å². The molecule has 0 amide bonds. The second-order valence-corrected chi connectivity index (χ2v) is 4.48. The number of rotatable bonds is 2. The van der Waals surface area contributed by atoms with E-state index in [4.69, 9.17) is 5.73 Å². The van der Waals surface area contributed by atoms with Crippen LogP contribution in [0.1, 0.15) is 24.9 Å². The molecule has 1 rings (SSSR count). The number of aromatic nitrogens is 1. The van der Waals surface area contributed by atoms with Crippen LogP contribution in [0.3, 0.4) is 0 Å². The molecule has 2 N–H and O–H groups in total. The number of halogens is 1. The zero-order valence-electron chi connectivity index (χ0n) is 6.54. The molecule has 0 aliphatic carbocycles.